The van der Waals surface area contributed by atoms with Crippen molar-refractivity contribution in [1.29, 1.82) is 0 Å². The van der Waals surface area contributed by atoms with E-state index < -0.39 is 0 Å². The van der Waals surface area contributed by atoms with Gasteiger partial charge in [-0.2, -0.15) is 0 Å². The number of benzene rings is 1. The Morgan fingerprint density at radius 1 is 1.06 bits per heavy atom. The number of epoxide rings is 1. The second kappa shape index (κ2) is 8.49. The Hall–Kier alpha value is -1.28. The highest BCUT2D eigenvalue weighted by atomic mass is 16.6. The lowest BCUT2D eigenvalue weighted by Gasteiger charge is -2.38. The van der Waals surface area contributed by atoms with Gasteiger partial charge < -0.3 is 9.47 Å². The van der Waals surface area contributed by atoms with Crippen LogP contribution in [0.5, 0.6) is 0 Å². The van der Waals surface area contributed by atoms with Crippen molar-refractivity contribution in [2.24, 2.45) is 28.6 Å². The van der Waals surface area contributed by atoms with Gasteiger partial charge in [-0.05, 0) is 80.1 Å². The maximum Gasteiger partial charge on any atom is 0.119 e. The van der Waals surface area contributed by atoms with E-state index in [0.29, 0.717) is 23.0 Å². The fourth-order valence-corrected chi connectivity index (χ4v) is 7.15. The molecule has 7 atom stereocenters. The fraction of sp³-hybridized carbons (Fsp3) is 0.733. The lowest BCUT2D eigenvalue weighted by Crippen LogP contribution is -2.33. The molecule has 2 heteroatoms. The molecule has 0 aromatic heterocycles. The largest absolute Gasteiger partial charge is 0.490 e. The van der Waals surface area contributed by atoms with E-state index in [9.17, 15) is 0 Å². The van der Waals surface area contributed by atoms with Crippen molar-refractivity contribution in [2.45, 2.75) is 111 Å². The Morgan fingerprint density at radius 3 is 2.44 bits per heavy atom. The predicted molar refractivity (Wildman–Crippen MR) is 134 cm³/mol. The number of aryl methyl sites for hydroxylation is 1. The minimum atomic E-state index is 0.212. The van der Waals surface area contributed by atoms with Crippen LogP contribution in [0.2, 0.25) is 0 Å². The topological polar surface area (TPSA) is 21.8 Å². The molecule has 4 aliphatic rings. The monoisotopic (exact) mass is 438 g/mol. The van der Waals surface area contributed by atoms with Crippen LogP contribution < -0.4 is 0 Å². The summed E-state index contributed by atoms with van der Waals surface area (Å²) in [7, 11) is 0. The molecule has 0 spiro atoms. The van der Waals surface area contributed by atoms with Crippen LogP contribution in [0.15, 0.2) is 30.8 Å². The summed E-state index contributed by atoms with van der Waals surface area (Å²) in [5.41, 5.74) is 3.64. The van der Waals surface area contributed by atoms with Gasteiger partial charge in [-0.15, -0.1) is 0 Å². The first-order valence-corrected chi connectivity index (χ1v) is 13.2. The van der Waals surface area contributed by atoms with Crippen molar-refractivity contribution in [3.63, 3.8) is 0 Å². The van der Waals surface area contributed by atoms with Crippen LogP contribution >= 0.6 is 0 Å². The van der Waals surface area contributed by atoms with Crippen molar-refractivity contribution >= 4 is 5.76 Å². The molecule has 0 radical (unpaired) electrons. The first kappa shape index (κ1) is 23.9. The van der Waals surface area contributed by atoms with E-state index in [4.69, 9.17) is 9.47 Å². The molecule has 0 amide bonds. The van der Waals surface area contributed by atoms with E-state index >= 15 is 0 Å². The summed E-state index contributed by atoms with van der Waals surface area (Å²) in [5.74, 6) is 3.14. The van der Waals surface area contributed by atoms with Gasteiger partial charge in [0.25, 0.3) is 0 Å². The van der Waals surface area contributed by atoms with Gasteiger partial charge in [0.1, 0.15) is 11.9 Å². The molecule has 178 valence electrons. The number of hydrogen-bond donors (Lipinski definition) is 0. The SMILES string of the molecule is C=C(OC1CC(C)(C)CC2(C)CC12)c1ccc(CCC2CC3OC3(C)CC2C)cc1.CC. The van der Waals surface area contributed by atoms with E-state index in [2.05, 4.69) is 65.5 Å². The first-order valence-electron chi connectivity index (χ1n) is 13.2. The molecule has 5 rings (SSSR count). The summed E-state index contributed by atoms with van der Waals surface area (Å²) in [4.78, 5) is 0. The summed E-state index contributed by atoms with van der Waals surface area (Å²) in [5, 5.41) is 0. The molecule has 1 aromatic rings. The zero-order valence-corrected chi connectivity index (χ0v) is 21.7. The number of rotatable bonds is 6. The summed E-state index contributed by atoms with van der Waals surface area (Å²) in [6, 6.07) is 8.98. The predicted octanol–water partition coefficient (Wildman–Crippen LogP) is 8.05. The van der Waals surface area contributed by atoms with E-state index in [1.165, 1.54) is 37.7 Å². The highest BCUT2D eigenvalue weighted by molar-refractivity contribution is 5.58. The Morgan fingerprint density at radius 2 is 1.75 bits per heavy atom. The quantitative estimate of drug-likeness (QED) is 0.331. The molecule has 32 heavy (non-hydrogen) atoms. The van der Waals surface area contributed by atoms with Crippen LogP contribution in [0.4, 0.5) is 0 Å². The number of ether oxygens (including phenoxy) is 2. The zero-order chi connectivity index (χ0) is 23.3. The smallest absolute Gasteiger partial charge is 0.119 e. The minimum Gasteiger partial charge on any atom is -0.490 e. The molecule has 4 fully saturated rings. The summed E-state index contributed by atoms with van der Waals surface area (Å²) in [6.07, 6.45) is 9.56. The van der Waals surface area contributed by atoms with Crippen LogP contribution in [-0.4, -0.2) is 17.8 Å². The summed E-state index contributed by atoms with van der Waals surface area (Å²) in [6.45, 7) is 20.2. The minimum absolute atomic E-state index is 0.212. The van der Waals surface area contributed by atoms with Crippen LogP contribution in [0, 0.1) is 28.6 Å². The second-order valence-corrected chi connectivity index (χ2v) is 12.4. The van der Waals surface area contributed by atoms with Gasteiger partial charge in [0.05, 0.1) is 11.7 Å². The normalized spacial score (nSPS) is 40.8. The Bertz CT molecular complexity index is 821. The van der Waals surface area contributed by atoms with E-state index in [-0.39, 0.29) is 5.60 Å². The van der Waals surface area contributed by atoms with Crippen LogP contribution in [0.3, 0.4) is 0 Å². The average Bonchev–Trinajstić information content (AvgIpc) is 3.60. The number of fused-ring (bicyclic) bond motifs is 2. The summed E-state index contributed by atoms with van der Waals surface area (Å²) >= 11 is 0. The molecule has 1 aromatic carbocycles. The highest BCUT2D eigenvalue weighted by Gasteiger charge is 2.61. The van der Waals surface area contributed by atoms with Gasteiger partial charge in [-0.1, -0.05) is 72.4 Å². The Kier molecular flexibility index (Phi) is 6.33. The van der Waals surface area contributed by atoms with Gasteiger partial charge in [0, 0.05) is 11.5 Å². The van der Waals surface area contributed by atoms with Crippen molar-refractivity contribution in [1.82, 2.24) is 0 Å². The van der Waals surface area contributed by atoms with Gasteiger partial charge in [0.15, 0.2) is 0 Å². The molecular weight excluding hydrogens is 392 g/mol. The van der Waals surface area contributed by atoms with E-state index in [1.807, 2.05) is 13.8 Å². The maximum absolute atomic E-state index is 6.46. The third-order valence-corrected chi connectivity index (χ3v) is 8.96. The number of hydrogen-bond acceptors (Lipinski definition) is 2. The Balaban J connectivity index is 0.00000119. The molecule has 0 bridgehead atoms. The van der Waals surface area contributed by atoms with Crippen LogP contribution in [0.1, 0.15) is 98.1 Å². The van der Waals surface area contributed by atoms with E-state index in [1.54, 1.807) is 0 Å². The molecule has 1 heterocycles. The van der Waals surface area contributed by atoms with Gasteiger partial charge in [-0.3, -0.25) is 0 Å². The third kappa shape index (κ3) is 4.81. The van der Waals surface area contributed by atoms with Crippen LogP contribution in [0.25, 0.3) is 5.76 Å². The maximum atomic E-state index is 6.46. The van der Waals surface area contributed by atoms with Gasteiger partial charge in [-0.25, -0.2) is 0 Å². The average molecular weight is 439 g/mol. The molecular formula is C30H46O2. The molecule has 1 saturated heterocycles. The van der Waals surface area contributed by atoms with Gasteiger partial charge in [0.2, 0.25) is 0 Å². The van der Waals surface area contributed by atoms with Crippen LogP contribution in [-0.2, 0) is 15.9 Å². The second-order valence-electron chi connectivity index (χ2n) is 12.4. The highest BCUT2D eigenvalue weighted by Crippen LogP contribution is 2.66. The molecule has 3 aliphatic carbocycles. The van der Waals surface area contributed by atoms with Crippen molar-refractivity contribution in [2.75, 3.05) is 0 Å². The van der Waals surface area contributed by atoms with Crippen molar-refractivity contribution < 1.29 is 9.47 Å². The lowest BCUT2D eigenvalue weighted by atomic mass is 9.71. The fourth-order valence-electron chi connectivity index (χ4n) is 7.15. The van der Waals surface area contributed by atoms with Gasteiger partial charge >= 0.3 is 0 Å². The lowest BCUT2D eigenvalue weighted by molar-refractivity contribution is 0.0328. The third-order valence-electron chi connectivity index (χ3n) is 8.96. The summed E-state index contributed by atoms with van der Waals surface area (Å²) < 4.78 is 12.4. The molecule has 0 N–H and O–H groups in total. The van der Waals surface area contributed by atoms with E-state index in [0.717, 1.165) is 41.9 Å². The first-order chi connectivity index (χ1) is 15.1. The van der Waals surface area contributed by atoms with Crippen molar-refractivity contribution in [3.05, 3.63) is 42.0 Å². The molecule has 2 nitrogen and oxygen atoms in total. The molecule has 7 unspecified atom stereocenters. The van der Waals surface area contributed by atoms with Crippen molar-refractivity contribution in [3.8, 4) is 0 Å². The zero-order valence-electron chi connectivity index (χ0n) is 21.7. The molecule has 1 aliphatic heterocycles. The standard InChI is InChI=1S/C28H40O2.C2H6/c1-18-14-28(6)25(30-28)13-22(18)12-9-20-7-10-21(11-8-20)19(2)29-24-16-26(3,4)17-27(5)15-23(24)27;1-2/h7-8,10-11,18,22-25H,2,9,12-17H2,1,3-6H3;1-2H3. The Labute approximate surface area is 197 Å². The molecule has 3 saturated carbocycles.